The van der Waals surface area contributed by atoms with Gasteiger partial charge in [-0.1, -0.05) is 18.2 Å². The average Bonchev–Trinajstić information content (AvgIpc) is 3.62. The zero-order valence-electron chi connectivity index (χ0n) is 27.6. The van der Waals surface area contributed by atoms with Gasteiger partial charge in [0.15, 0.2) is 12.4 Å². The molecule has 0 aliphatic carbocycles. The van der Waals surface area contributed by atoms with Gasteiger partial charge in [0.25, 0.3) is 11.8 Å². The van der Waals surface area contributed by atoms with Crippen LogP contribution < -0.4 is 24.8 Å². The molecule has 2 atom stereocenters. The number of rotatable bonds is 4. The Balaban J connectivity index is 1.17. The topological polar surface area (TPSA) is 161 Å². The summed E-state index contributed by atoms with van der Waals surface area (Å²) in [6.07, 6.45) is 3.02. The lowest BCUT2D eigenvalue weighted by Gasteiger charge is -2.39. The molecule has 5 heterocycles. The van der Waals surface area contributed by atoms with Gasteiger partial charge in [0, 0.05) is 55.6 Å². The standard InChI is InChI=1S/C37H34FN7O6/c1-49-32-16-27-9-7-24(32)19-40-34(46)21-50-26-6-2-4-22(14-26)23-8-10-29(38)28(15-23)37(48)41-30-20-45(13-11-31(30)51-27)35(47)17-33-42-36(44-43-33)25-5-3-12-39-18-25/h2-10,12,14-16,18,30-31H,11,13,17,19-21H2,1H3,(H,40,46)(H,41,48)(H,42,43,44)/t30-,31+/m1/s1. The maximum absolute atomic E-state index is 15.3. The van der Waals surface area contributed by atoms with E-state index < -0.39 is 23.9 Å². The number of likely N-dealkylation sites (tertiary alicyclic amines) is 1. The molecule has 3 N–H and O–H groups in total. The molecule has 51 heavy (non-hydrogen) atoms. The molecule has 2 aromatic heterocycles. The minimum absolute atomic E-state index is 0.0475. The van der Waals surface area contributed by atoms with Gasteiger partial charge in [0.2, 0.25) is 5.91 Å². The number of methoxy groups -OCH3 is 1. The molecule has 13 nitrogen and oxygen atoms in total. The summed E-state index contributed by atoms with van der Waals surface area (Å²) in [6, 6.07) is 19.3. The predicted molar refractivity (Wildman–Crippen MR) is 182 cm³/mol. The fraction of sp³-hybridized carbons (Fsp3) is 0.243. The van der Waals surface area contributed by atoms with Gasteiger partial charge in [-0.15, -0.1) is 0 Å². The van der Waals surface area contributed by atoms with Crippen LogP contribution in [0.5, 0.6) is 17.2 Å². The van der Waals surface area contributed by atoms with Crippen molar-refractivity contribution in [3.8, 4) is 39.8 Å². The van der Waals surface area contributed by atoms with E-state index in [2.05, 4.69) is 30.8 Å². The molecule has 1 saturated heterocycles. The van der Waals surface area contributed by atoms with E-state index in [0.717, 1.165) is 0 Å². The average molecular weight is 692 g/mol. The monoisotopic (exact) mass is 691 g/mol. The van der Waals surface area contributed by atoms with Gasteiger partial charge in [0.05, 0.1) is 25.1 Å². The Bertz CT molecular complexity index is 2070. The number of carbonyl (C=O) groups is 3. The lowest BCUT2D eigenvalue weighted by molar-refractivity contribution is -0.133. The van der Waals surface area contributed by atoms with Crippen molar-refractivity contribution >= 4 is 17.7 Å². The van der Waals surface area contributed by atoms with Crippen LogP contribution in [-0.4, -0.2) is 81.7 Å². The highest BCUT2D eigenvalue weighted by Crippen LogP contribution is 2.29. The Labute approximate surface area is 292 Å². The first-order valence-corrected chi connectivity index (χ1v) is 16.4. The van der Waals surface area contributed by atoms with Crippen molar-refractivity contribution in [2.45, 2.75) is 31.5 Å². The molecule has 260 valence electrons. The second-order valence-corrected chi connectivity index (χ2v) is 12.2. The van der Waals surface area contributed by atoms with Gasteiger partial charge in [-0.3, -0.25) is 24.5 Å². The van der Waals surface area contributed by atoms with Gasteiger partial charge in [-0.2, -0.15) is 5.10 Å². The summed E-state index contributed by atoms with van der Waals surface area (Å²) in [7, 11) is 1.52. The third kappa shape index (κ3) is 7.64. The minimum Gasteiger partial charge on any atom is -0.496 e. The van der Waals surface area contributed by atoms with Gasteiger partial charge in [-0.05, 0) is 59.7 Å². The highest BCUT2D eigenvalue weighted by Gasteiger charge is 2.35. The van der Waals surface area contributed by atoms with Crippen molar-refractivity contribution in [3.63, 3.8) is 0 Å². The number of H-pyrrole nitrogens is 1. The first-order chi connectivity index (χ1) is 24.8. The van der Waals surface area contributed by atoms with E-state index in [9.17, 15) is 14.4 Å². The van der Waals surface area contributed by atoms with E-state index in [1.807, 2.05) is 6.07 Å². The zero-order chi connectivity index (χ0) is 35.3. The Hall–Kier alpha value is -6.31. The van der Waals surface area contributed by atoms with E-state index in [-0.39, 0.29) is 43.5 Å². The third-order valence-corrected chi connectivity index (χ3v) is 8.76. The molecule has 8 rings (SSSR count). The molecule has 3 aliphatic rings. The first-order valence-electron chi connectivity index (χ1n) is 16.4. The van der Waals surface area contributed by atoms with E-state index in [0.29, 0.717) is 64.1 Å². The van der Waals surface area contributed by atoms with Crippen LogP contribution in [0.15, 0.2) is 85.2 Å². The van der Waals surface area contributed by atoms with Crippen molar-refractivity contribution in [2.24, 2.45) is 0 Å². The number of benzene rings is 3. The quantitative estimate of drug-likeness (QED) is 0.255. The Morgan fingerprint density at radius 1 is 1.02 bits per heavy atom. The van der Waals surface area contributed by atoms with E-state index in [4.69, 9.17) is 14.2 Å². The summed E-state index contributed by atoms with van der Waals surface area (Å²) in [5.74, 6) is 0.247. The Morgan fingerprint density at radius 2 is 1.88 bits per heavy atom. The molecule has 1 fully saturated rings. The van der Waals surface area contributed by atoms with Crippen LogP contribution in [-0.2, 0) is 22.6 Å². The summed E-state index contributed by atoms with van der Waals surface area (Å²) in [5.41, 5.74) is 2.49. The number of hydrogen-bond acceptors (Lipinski definition) is 9. The third-order valence-electron chi connectivity index (χ3n) is 8.76. The van der Waals surface area contributed by atoms with Gasteiger partial charge in [-0.25, -0.2) is 9.37 Å². The van der Waals surface area contributed by atoms with Crippen LogP contribution in [0.25, 0.3) is 22.5 Å². The summed E-state index contributed by atoms with van der Waals surface area (Å²) >= 11 is 0. The lowest BCUT2D eigenvalue weighted by atomic mass is 9.99. The molecule has 5 aromatic rings. The normalized spacial score (nSPS) is 17.6. The number of ether oxygens (including phenoxy) is 3. The van der Waals surface area contributed by atoms with Gasteiger partial charge < -0.3 is 29.7 Å². The van der Waals surface area contributed by atoms with E-state index in [1.54, 1.807) is 71.9 Å². The van der Waals surface area contributed by atoms with Crippen molar-refractivity contribution < 1.29 is 33.0 Å². The zero-order valence-corrected chi connectivity index (χ0v) is 27.6. The van der Waals surface area contributed by atoms with Crippen molar-refractivity contribution in [2.75, 3.05) is 26.8 Å². The maximum Gasteiger partial charge on any atom is 0.258 e. The second-order valence-electron chi connectivity index (χ2n) is 12.2. The number of aromatic nitrogens is 4. The van der Waals surface area contributed by atoms with Crippen LogP contribution in [0.1, 0.15) is 28.2 Å². The molecule has 0 saturated carbocycles. The number of pyridine rings is 1. The van der Waals surface area contributed by atoms with Crippen molar-refractivity contribution in [1.82, 2.24) is 35.7 Å². The van der Waals surface area contributed by atoms with Crippen molar-refractivity contribution in [3.05, 3.63) is 108 Å². The lowest BCUT2D eigenvalue weighted by Crippen LogP contribution is -2.58. The number of hydrogen-bond donors (Lipinski definition) is 3. The summed E-state index contributed by atoms with van der Waals surface area (Å²) < 4.78 is 33.0. The Kier molecular flexibility index (Phi) is 9.55. The number of halogens is 1. The highest BCUT2D eigenvalue weighted by atomic mass is 19.1. The molecule has 3 aliphatic heterocycles. The number of nitrogens with one attached hydrogen (secondary N) is 3. The summed E-state index contributed by atoms with van der Waals surface area (Å²) in [4.78, 5) is 50.2. The fourth-order valence-electron chi connectivity index (χ4n) is 6.09. The number of amides is 3. The largest absolute Gasteiger partial charge is 0.496 e. The highest BCUT2D eigenvalue weighted by molar-refractivity contribution is 5.96. The predicted octanol–water partition coefficient (Wildman–Crippen LogP) is 3.71. The number of aromatic amines is 1. The Morgan fingerprint density at radius 3 is 2.73 bits per heavy atom. The van der Waals surface area contributed by atoms with Crippen LogP contribution in [0.2, 0.25) is 0 Å². The molecular formula is C37H34FN7O6. The number of nitrogens with zero attached hydrogens (tertiary/aromatic N) is 4. The van der Waals surface area contributed by atoms with Crippen LogP contribution in [0.4, 0.5) is 4.39 Å². The van der Waals surface area contributed by atoms with E-state index in [1.165, 1.54) is 19.2 Å². The summed E-state index contributed by atoms with van der Waals surface area (Å²) in [5, 5.41) is 12.8. The molecular weight excluding hydrogens is 657 g/mol. The molecule has 0 radical (unpaired) electrons. The second kappa shape index (κ2) is 14.7. The number of fused-ring (bicyclic) bond motifs is 7. The van der Waals surface area contributed by atoms with Crippen LogP contribution >= 0.6 is 0 Å². The van der Waals surface area contributed by atoms with E-state index >= 15 is 4.39 Å². The van der Waals surface area contributed by atoms with Gasteiger partial charge in [0.1, 0.15) is 35.0 Å². The van der Waals surface area contributed by atoms with Crippen LogP contribution in [0, 0.1) is 5.82 Å². The van der Waals surface area contributed by atoms with Gasteiger partial charge >= 0.3 is 0 Å². The molecule has 0 unspecified atom stereocenters. The molecule has 6 bridgehead atoms. The molecule has 3 amide bonds. The summed E-state index contributed by atoms with van der Waals surface area (Å²) in [6.45, 7) is 0.402. The molecule has 14 heteroatoms. The molecule has 0 spiro atoms. The smallest absolute Gasteiger partial charge is 0.258 e. The number of piperidine rings is 1. The minimum atomic E-state index is -0.716. The number of carbonyl (C=O) groups excluding carboxylic acids is 3. The maximum atomic E-state index is 15.3. The van der Waals surface area contributed by atoms with Crippen molar-refractivity contribution in [1.29, 1.82) is 0 Å². The molecule has 3 aromatic carbocycles. The fourth-order valence-corrected chi connectivity index (χ4v) is 6.09. The SMILES string of the molecule is COc1cc2ccc1CNC(=O)COc1cccc(c1)-c1ccc(F)c(c1)C(=O)N[C@@H]1CN(C(=O)Cc3nc(-c4cccnc4)n[nH]3)CC[C@@H]1O2. The van der Waals surface area contributed by atoms with Crippen LogP contribution in [0.3, 0.4) is 0 Å². The first kappa shape index (κ1) is 33.2.